The molecule has 0 aliphatic carbocycles. The Labute approximate surface area is 282 Å². The smallest absolute Gasteiger partial charge is 0.0622 e. The molecule has 0 N–H and O–H groups in total. The van der Waals surface area contributed by atoms with E-state index in [9.17, 15) is 0 Å². The molecule has 0 saturated heterocycles. The fraction of sp³-hybridized carbons (Fsp3) is 0.0455. The van der Waals surface area contributed by atoms with Gasteiger partial charge in [0.2, 0.25) is 0 Å². The Kier molecular flexibility index (Phi) is 10.1. The first-order valence-electron chi connectivity index (χ1n) is 16.2. The standard InChI is InChI=1S/C44H38P3/c1-8-22-37(23-9-1)44(36-45(38-24-10-2-11-25-38)39-26-12-3-13-27-39)47(42-32-18-6-19-33-42,43-34-20-7-21-35-43)46(40-28-14-4-15-29-40)41-30-16-5-17-31-41/h1-35,44H,36H2/q+1. The summed E-state index contributed by atoms with van der Waals surface area (Å²) in [7, 11) is -1.54. The molecule has 0 aromatic heterocycles. The van der Waals surface area contributed by atoms with Gasteiger partial charge < -0.3 is 0 Å². The van der Waals surface area contributed by atoms with Crippen LogP contribution < -0.4 is 31.8 Å². The highest BCUT2D eigenvalue weighted by molar-refractivity contribution is 8.50. The first-order valence-corrected chi connectivity index (χ1v) is 21.6. The Morgan fingerprint density at radius 2 is 0.638 bits per heavy atom. The van der Waals surface area contributed by atoms with Gasteiger partial charge in [0.25, 0.3) is 0 Å². The molecular weight excluding hydrogens is 621 g/mol. The Bertz CT molecular complexity index is 1820. The molecule has 0 radical (unpaired) electrons. The molecule has 0 fully saturated rings. The maximum Gasteiger partial charge on any atom is 0.130 e. The summed E-state index contributed by atoms with van der Waals surface area (Å²) in [6.45, 7) is -2.30. The molecule has 7 rings (SSSR count). The Balaban J connectivity index is 1.60. The molecule has 0 bridgehead atoms. The van der Waals surface area contributed by atoms with Gasteiger partial charge in [-0.05, 0) is 48.4 Å². The average molecular weight is 660 g/mol. The monoisotopic (exact) mass is 659 g/mol. The van der Waals surface area contributed by atoms with E-state index in [0.29, 0.717) is 0 Å². The molecule has 0 saturated carbocycles. The van der Waals surface area contributed by atoms with Crippen molar-refractivity contribution >= 4 is 54.3 Å². The summed E-state index contributed by atoms with van der Waals surface area (Å²) >= 11 is 0. The number of benzene rings is 7. The second kappa shape index (κ2) is 15.2. The fourth-order valence-electron chi connectivity index (χ4n) is 6.70. The quantitative estimate of drug-likeness (QED) is 0.121. The zero-order valence-electron chi connectivity index (χ0n) is 26.3. The molecule has 228 valence electrons. The molecule has 47 heavy (non-hydrogen) atoms. The molecule has 1 unspecified atom stereocenters. The van der Waals surface area contributed by atoms with E-state index in [-0.39, 0.29) is 5.66 Å². The Morgan fingerprint density at radius 1 is 0.340 bits per heavy atom. The summed E-state index contributed by atoms with van der Waals surface area (Å²) < 4.78 is 0. The number of hydrogen-bond donors (Lipinski definition) is 0. The molecule has 0 aliphatic heterocycles. The van der Waals surface area contributed by atoms with Crippen LogP contribution in [0.2, 0.25) is 0 Å². The van der Waals surface area contributed by atoms with E-state index in [4.69, 9.17) is 0 Å². The van der Waals surface area contributed by atoms with E-state index in [1.807, 2.05) is 0 Å². The van der Waals surface area contributed by atoms with Gasteiger partial charge in [-0.3, -0.25) is 0 Å². The van der Waals surface area contributed by atoms with Crippen LogP contribution in [0.15, 0.2) is 212 Å². The van der Waals surface area contributed by atoms with Crippen molar-refractivity contribution in [2.24, 2.45) is 0 Å². The molecule has 3 heteroatoms. The molecule has 0 aliphatic rings. The van der Waals surface area contributed by atoms with Crippen molar-refractivity contribution in [3.63, 3.8) is 0 Å². The van der Waals surface area contributed by atoms with Gasteiger partial charge in [0, 0.05) is 16.8 Å². The summed E-state index contributed by atoms with van der Waals surface area (Å²) in [6.07, 6.45) is 1.05. The highest BCUT2D eigenvalue weighted by Crippen LogP contribution is 2.88. The van der Waals surface area contributed by atoms with Gasteiger partial charge in [-0.1, -0.05) is 188 Å². The summed E-state index contributed by atoms with van der Waals surface area (Å²) in [5, 5.41) is 8.65. The van der Waals surface area contributed by atoms with Crippen LogP contribution >= 0.6 is 22.5 Å². The minimum Gasteiger partial charge on any atom is -0.0622 e. The molecule has 7 aromatic carbocycles. The van der Waals surface area contributed by atoms with Crippen LogP contribution in [0.1, 0.15) is 11.2 Å². The molecule has 0 amide bonds. The third kappa shape index (κ3) is 6.66. The first kappa shape index (κ1) is 31.4. The lowest BCUT2D eigenvalue weighted by atomic mass is 10.2. The van der Waals surface area contributed by atoms with Crippen molar-refractivity contribution in [2.45, 2.75) is 5.66 Å². The predicted molar refractivity (Wildman–Crippen MR) is 211 cm³/mol. The zero-order chi connectivity index (χ0) is 31.7. The van der Waals surface area contributed by atoms with Crippen LogP contribution in [-0.4, -0.2) is 6.16 Å². The van der Waals surface area contributed by atoms with Gasteiger partial charge in [-0.25, -0.2) is 0 Å². The van der Waals surface area contributed by atoms with Crippen molar-refractivity contribution in [1.82, 2.24) is 0 Å². The van der Waals surface area contributed by atoms with Gasteiger partial charge in [0.15, 0.2) is 0 Å². The largest absolute Gasteiger partial charge is 0.130 e. The lowest BCUT2D eigenvalue weighted by Crippen LogP contribution is -2.33. The molecule has 7 aromatic rings. The second-order valence-electron chi connectivity index (χ2n) is 11.5. The van der Waals surface area contributed by atoms with Crippen molar-refractivity contribution in [2.75, 3.05) is 6.16 Å². The van der Waals surface area contributed by atoms with Crippen LogP contribution in [-0.2, 0) is 0 Å². The molecule has 0 heterocycles. The summed E-state index contributed by atoms with van der Waals surface area (Å²) in [5.74, 6) is 0. The van der Waals surface area contributed by atoms with Crippen molar-refractivity contribution < 1.29 is 0 Å². The fourth-order valence-corrected chi connectivity index (χ4v) is 23.1. The molecular formula is C44H38P3+. The Morgan fingerprint density at radius 3 is 1.00 bits per heavy atom. The average Bonchev–Trinajstić information content (AvgIpc) is 3.17. The number of rotatable bonds is 11. The summed E-state index contributed by atoms with van der Waals surface area (Å²) in [5.41, 5.74) is 1.68. The van der Waals surface area contributed by atoms with Gasteiger partial charge in [-0.2, -0.15) is 0 Å². The van der Waals surface area contributed by atoms with Crippen LogP contribution in [0.4, 0.5) is 0 Å². The van der Waals surface area contributed by atoms with E-state index in [1.54, 1.807) is 0 Å². The normalized spacial score (nSPS) is 12.2. The minimum absolute atomic E-state index is 0.256. The van der Waals surface area contributed by atoms with Crippen LogP contribution in [0, 0.1) is 0 Å². The van der Waals surface area contributed by atoms with E-state index in [0.717, 1.165) is 6.16 Å². The maximum absolute atomic E-state index is 2.44. The van der Waals surface area contributed by atoms with E-state index in [1.165, 1.54) is 37.4 Å². The van der Waals surface area contributed by atoms with E-state index >= 15 is 0 Å². The van der Waals surface area contributed by atoms with Crippen molar-refractivity contribution in [3.8, 4) is 0 Å². The highest BCUT2D eigenvalue weighted by atomic mass is 32.1. The van der Waals surface area contributed by atoms with E-state index < -0.39 is 22.5 Å². The highest BCUT2D eigenvalue weighted by Gasteiger charge is 2.59. The molecule has 0 spiro atoms. The van der Waals surface area contributed by atoms with Crippen LogP contribution in [0.3, 0.4) is 0 Å². The second-order valence-corrected chi connectivity index (χ2v) is 21.6. The lowest BCUT2D eigenvalue weighted by Gasteiger charge is -2.42. The number of hydrogen-bond acceptors (Lipinski definition) is 0. The zero-order valence-corrected chi connectivity index (χ0v) is 29.0. The van der Waals surface area contributed by atoms with Gasteiger partial charge in [-0.15, -0.1) is 0 Å². The van der Waals surface area contributed by atoms with Gasteiger partial charge in [0.05, 0.1) is 0 Å². The van der Waals surface area contributed by atoms with Crippen LogP contribution in [0.25, 0.3) is 0 Å². The Hall–Kier alpha value is -4.17. The van der Waals surface area contributed by atoms with E-state index in [2.05, 4.69) is 212 Å². The third-order valence-corrected chi connectivity index (χ3v) is 22.9. The third-order valence-electron chi connectivity index (χ3n) is 8.74. The van der Waals surface area contributed by atoms with Crippen molar-refractivity contribution in [3.05, 3.63) is 218 Å². The first-order chi connectivity index (χ1) is 23.4. The molecule has 1 atom stereocenters. The van der Waals surface area contributed by atoms with Crippen LogP contribution in [0.5, 0.6) is 0 Å². The summed E-state index contributed by atoms with van der Waals surface area (Å²) in [6, 6.07) is 79.9. The topological polar surface area (TPSA) is 0 Å². The predicted octanol–water partition coefficient (Wildman–Crippen LogP) is 9.58. The SMILES string of the molecule is c1ccc(C(CP(c2ccccc2)c2ccccc2)[P+](c2ccccc2)(c2ccccc2)P(c2ccccc2)c2ccccc2)cc1. The lowest BCUT2D eigenvalue weighted by molar-refractivity contribution is 1.10. The van der Waals surface area contributed by atoms with Gasteiger partial charge in [0.1, 0.15) is 30.8 Å². The van der Waals surface area contributed by atoms with Gasteiger partial charge >= 0.3 is 0 Å². The minimum atomic E-state index is -2.30. The molecule has 0 nitrogen and oxygen atoms in total. The maximum atomic E-state index is 2.44. The van der Waals surface area contributed by atoms with Crippen molar-refractivity contribution in [1.29, 1.82) is 0 Å². The summed E-state index contributed by atoms with van der Waals surface area (Å²) in [4.78, 5) is 0.